The van der Waals surface area contributed by atoms with E-state index in [4.69, 9.17) is 38.8 Å². The number of esters is 1. The molecule has 9 rings (SSSR count). The number of phenolic OH excluding ortho intramolecular Hbond substituents is 1. The van der Waals surface area contributed by atoms with Crippen molar-refractivity contribution in [3.05, 3.63) is 121 Å². The van der Waals surface area contributed by atoms with Crippen molar-refractivity contribution in [2.75, 3.05) is 48.8 Å². The Morgan fingerprint density at radius 3 is 2.21 bits per heavy atom. The third-order valence-electron chi connectivity index (χ3n) is 20.6. The zero-order valence-corrected chi connectivity index (χ0v) is 62.5. The second kappa shape index (κ2) is 35.3. The molecule has 0 radical (unpaired) electrons. The molecule has 4 aliphatic rings. The van der Waals surface area contributed by atoms with Crippen LogP contribution < -0.4 is 58.0 Å². The molecular formula is C78H97N9O21. The van der Waals surface area contributed by atoms with Crippen LogP contribution in [0.5, 0.6) is 11.5 Å². The number of rotatable bonds is 23. The van der Waals surface area contributed by atoms with Crippen LogP contribution in [0.3, 0.4) is 0 Å². The number of hydrogen-bond acceptors (Lipinski definition) is 23. The number of Topliss-reactive ketones (excluding diaryl/α,β-unsaturated/α-hetero) is 1. The number of alkyl carbamates (subject to hydrolysis) is 1. The molecule has 5 aromatic rings. The summed E-state index contributed by atoms with van der Waals surface area (Å²) in [6, 6.07) is 7.44. The van der Waals surface area contributed by atoms with E-state index in [1.165, 1.54) is 77.5 Å². The summed E-state index contributed by atoms with van der Waals surface area (Å²) in [6.07, 6.45) is 7.58. The molecule has 30 nitrogen and oxygen atoms in total. The summed E-state index contributed by atoms with van der Waals surface area (Å²) in [5.74, 6) is -10.7. The monoisotopic (exact) mass is 1500 g/mol. The number of aliphatic hydroxyl groups excluding tert-OH is 3. The Hall–Kier alpha value is -10.7. The first kappa shape index (κ1) is 81.4. The Balaban J connectivity index is 0.891. The SMILES string of the molecule is CO[C@H]1/C=C/O[C@@]2(C)Oc3c(C)c(O)c4c(=O)c(c5oc6cc(N7CCC(NC(=O)OCc8ccc(NC(=O)[C@H](CCCNC(N)=O)CC(=O)[C@@H](NC(=O)CCCCCN9C(=O)C=CC9=O)C(C)C)cc8)CC7)cc(=O)c6nc5c4c3=C2O)NC(=O)/C(C)=C\C=C\[C@H](C)[C@H](O)[C@@H](C)[C@@H](O)[C@@H](C)[C@H](OC(C)=O)[C@@H]1C. The quantitative estimate of drug-likeness (QED) is 0.0103. The van der Waals surface area contributed by atoms with Crippen LogP contribution >= 0.6 is 0 Å². The smallest absolute Gasteiger partial charge is 0.407 e. The predicted octanol–water partition coefficient (Wildman–Crippen LogP) is 7.04. The number of primary amides is 1. The number of benzene rings is 4. The molecule has 0 unspecified atom stereocenters. The van der Waals surface area contributed by atoms with Gasteiger partial charge in [-0.3, -0.25) is 48.1 Å². The number of methoxy groups -OCH3 is 1. The van der Waals surface area contributed by atoms with Gasteiger partial charge in [0.05, 0.1) is 41.2 Å². The van der Waals surface area contributed by atoms with Crippen LogP contribution in [0.1, 0.15) is 131 Å². The molecule has 4 bridgehead atoms. The molecule has 0 saturated carbocycles. The van der Waals surface area contributed by atoms with Gasteiger partial charge in [0, 0.05) is 148 Å². The Morgan fingerprint density at radius 2 is 1.56 bits per heavy atom. The van der Waals surface area contributed by atoms with Crippen LogP contribution in [-0.4, -0.2) is 159 Å². The van der Waals surface area contributed by atoms with Crippen molar-refractivity contribution < 1.29 is 91.7 Å². The first-order valence-corrected chi connectivity index (χ1v) is 36.3. The van der Waals surface area contributed by atoms with E-state index >= 15 is 4.79 Å². The molecule has 1 saturated heterocycles. The maximum Gasteiger partial charge on any atom is 0.407 e. The Morgan fingerprint density at radius 1 is 0.861 bits per heavy atom. The number of urea groups is 1. The number of fused-ring (bicyclic) bond motifs is 2. The van der Waals surface area contributed by atoms with Gasteiger partial charge >= 0.3 is 23.9 Å². The molecular weight excluding hydrogens is 1400 g/mol. The Labute approximate surface area is 623 Å². The number of aromatic hydroxyl groups is 1. The maximum absolute atomic E-state index is 15.2. The number of ether oxygens (including phenoxy) is 5. The van der Waals surface area contributed by atoms with Gasteiger partial charge < -0.3 is 85.7 Å². The average Bonchev–Trinajstić information content (AvgIpc) is 1.39. The van der Waals surface area contributed by atoms with Crippen LogP contribution in [-0.2, 0) is 59.1 Å². The summed E-state index contributed by atoms with van der Waals surface area (Å²) in [6.45, 7) is 16.8. The van der Waals surface area contributed by atoms with Crippen molar-refractivity contribution in [3.8, 4) is 11.5 Å². The molecule has 1 aromatic heterocycles. The van der Waals surface area contributed by atoms with Gasteiger partial charge in [0.25, 0.3) is 17.7 Å². The Kier molecular flexibility index (Phi) is 26.6. The molecule has 11 N–H and O–H groups in total. The summed E-state index contributed by atoms with van der Waals surface area (Å²) in [4.78, 5) is 153. The molecule has 8 amide bonds. The summed E-state index contributed by atoms with van der Waals surface area (Å²) in [5.41, 5.74) is 3.74. The molecule has 1 fully saturated rings. The lowest BCUT2D eigenvalue weighted by Gasteiger charge is -2.38. The lowest BCUT2D eigenvalue weighted by atomic mass is 9.78. The zero-order chi connectivity index (χ0) is 78.7. The number of nitrogens with one attached hydrogen (secondary N) is 5. The van der Waals surface area contributed by atoms with Crippen molar-refractivity contribution in [1.82, 2.24) is 25.8 Å². The highest BCUT2D eigenvalue weighted by Gasteiger charge is 2.45. The number of nitrogens with two attached hydrogens (primary N) is 1. The number of imide groups is 1. The predicted molar refractivity (Wildman–Crippen MR) is 400 cm³/mol. The minimum Gasteiger partial charge on any atom is -0.507 e. The molecule has 30 heteroatoms. The van der Waals surface area contributed by atoms with E-state index in [1.807, 2.05) is 4.90 Å². The number of allylic oxidation sites excluding steroid dienone is 2. The number of aromatic nitrogens is 1. The van der Waals surface area contributed by atoms with Gasteiger partial charge in [-0.05, 0) is 82.1 Å². The Bertz CT molecular complexity index is 4580. The third-order valence-corrected chi connectivity index (χ3v) is 20.6. The second-order valence-corrected chi connectivity index (χ2v) is 28.8. The van der Waals surface area contributed by atoms with E-state index in [-0.39, 0.29) is 124 Å². The fourth-order valence-corrected chi connectivity index (χ4v) is 14.1. The molecule has 5 heterocycles. The number of aliphatic hydroxyl groups is 3. The number of unbranched alkanes of at least 4 members (excludes halogenated alkanes) is 2. The summed E-state index contributed by atoms with van der Waals surface area (Å²) >= 11 is 0. The lowest BCUT2D eigenvalue weighted by Crippen LogP contribution is -2.46. The molecule has 108 heavy (non-hydrogen) atoms. The standard InChI is InChI=1S/C78H97N9O21/c1-39(2)62(83-56(91)20-13-12-14-31-87-57(92)25-26-58(87)93)52(89)35-48(19-16-30-80-76(79)101)75(100)81-49-23-21-47(22-24-49)38-104-77(102)82-50-27-32-86(33-28-50)51-36-53(90)63-55(37-51)107-72-64(84-63)59-60-68(96)45(8)71-61(59)73(98)78(10,108-71)105-34-29-54(103-11)42(5)70(106-46(9)88)44(7)67(95)43(6)66(94)40(3)17-15-18-41(4)74(99)85-65(72)69(60)97/h15,17-18,21-26,29,34,36-37,39-40,42-44,48,50,54,62,66-67,70,94-96,98H,12-14,16,19-20,27-28,30-33,35,38H2,1-11H3,(H,81,100)(H,82,102)(H,83,91)(H,85,99)(H3,79,80,101)/b17-15+,34-29+,41-18-/t40-,42+,43+,44+,48+,54-,62-,66-,67+,70+,78-/m0/s1. The number of piperidine rings is 1. The molecule has 580 valence electrons. The first-order valence-electron chi connectivity index (χ1n) is 36.3. The number of ketones is 1. The molecule has 4 aromatic carbocycles. The number of carbonyl (C=O) groups is 9. The van der Waals surface area contributed by atoms with Gasteiger partial charge in [-0.25, -0.2) is 14.6 Å². The minimum absolute atomic E-state index is 0.00841. The zero-order valence-electron chi connectivity index (χ0n) is 62.5. The molecule has 0 aliphatic carbocycles. The van der Waals surface area contributed by atoms with Gasteiger partial charge in [-0.1, -0.05) is 78.3 Å². The number of carbonyl (C=O) groups excluding carboxylic acids is 9. The van der Waals surface area contributed by atoms with Gasteiger partial charge in [0.15, 0.2) is 28.2 Å². The van der Waals surface area contributed by atoms with Crippen LogP contribution in [0.25, 0.3) is 38.7 Å². The second-order valence-electron chi connectivity index (χ2n) is 28.8. The highest BCUT2D eigenvalue weighted by Crippen LogP contribution is 2.43. The van der Waals surface area contributed by atoms with Gasteiger partial charge in [0.1, 0.15) is 35.4 Å². The average molecular weight is 1500 g/mol. The van der Waals surface area contributed by atoms with Crippen LogP contribution in [0.2, 0.25) is 0 Å². The molecule has 0 spiro atoms. The molecule has 11 atom stereocenters. The largest absolute Gasteiger partial charge is 0.507 e. The summed E-state index contributed by atoms with van der Waals surface area (Å²) < 4.78 is 36.3. The van der Waals surface area contributed by atoms with Gasteiger partial charge in [0.2, 0.25) is 22.7 Å². The lowest BCUT2D eigenvalue weighted by molar-refractivity contribution is -0.160. The first-order chi connectivity index (χ1) is 51.2. The van der Waals surface area contributed by atoms with E-state index in [0.717, 1.165) is 4.90 Å². The van der Waals surface area contributed by atoms with Crippen molar-refractivity contribution in [3.63, 3.8) is 0 Å². The summed E-state index contributed by atoms with van der Waals surface area (Å²) in [5, 5.41) is 60.7. The topological polar surface area (TPSA) is 434 Å². The van der Waals surface area contributed by atoms with Crippen molar-refractivity contribution in [2.24, 2.45) is 41.2 Å². The summed E-state index contributed by atoms with van der Waals surface area (Å²) in [7, 11) is 1.42. The third kappa shape index (κ3) is 18.8. The number of nitrogens with zero attached hydrogens (tertiary/aromatic N) is 3. The number of hydrogen-bond donors (Lipinski definition) is 10. The van der Waals surface area contributed by atoms with E-state index in [0.29, 0.717) is 68.6 Å². The fourth-order valence-electron chi connectivity index (χ4n) is 14.1. The van der Waals surface area contributed by atoms with Crippen molar-refractivity contribution >= 4 is 109 Å². The van der Waals surface area contributed by atoms with Crippen LogP contribution in [0.15, 0.2) is 98.7 Å². The molecule has 4 aliphatic heterocycles. The number of phenols is 1. The van der Waals surface area contributed by atoms with Gasteiger partial charge in [-0.15, -0.1) is 0 Å². The highest BCUT2D eigenvalue weighted by atomic mass is 16.7. The normalized spacial score (nSPS) is 23.9. The highest BCUT2D eigenvalue weighted by molar-refractivity contribution is 6.17. The van der Waals surface area contributed by atoms with E-state index < -0.39 is 129 Å². The van der Waals surface area contributed by atoms with E-state index in [9.17, 15) is 68.4 Å². The van der Waals surface area contributed by atoms with Crippen LogP contribution in [0.4, 0.5) is 26.7 Å². The van der Waals surface area contributed by atoms with Gasteiger partial charge in [-0.2, -0.15) is 0 Å². The van der Waals surface area contributed by atoms with E-state index in [2.05, 4.69) is 26.6 Å². The number of anilines is 3. The van der Waals surface area contributed by atoms with E-state index in [1.54, 1.807) is 78.0 Å². The number of amides is 8. The fraction of sp³-hybridized carbons (Fsp3) is 0.487. The van der Waals surface area contributed by atoms with Crippen LogP contribution in [0, 0.1) is 42.4 Å². The minimum atomic E-state index is -2.07. The van der Waals surface area contributed by atoms with Crippen molar-refractivity contribution in [1.29, 1.82) is 0 Å². The van der Waals surface area contributed by atoms with Crippen molar-refractivity contribution in [2.45, 2.75) is 176 Å². The maximum atomic E-state index is 15.2.